The van der Waals surface area contributed by atoms with Crippen LogP contribution in [-0.4, -0.2) is 19.6 Å². The summed E-state index contributed by atoms with van der Waals surface area (Å²) in [7, 11) is 0. The lowest BCUT2D eigenvalue weighted by molar-refractivity contribution is 0.823. The number of hydrogen-bond donors (Lipinski definition) is 0. The van der Waals surface area contributed by atoms with Gasteiger partial charge in [0.15, 0.2) is 0 Å². The van der Waals surface area contributed by atoms with Crippen molar-refractivity contribution in [1.29, 1.82) is 0 Å². The number of aryl methyl sites for hydroxylation is 2. The minimum absolute atomic E-state index is 0.611. The number of benzene rings is 2. The molecule has 0 radical (unpaired) electrons. The quantitative estimate of drug-likeness (QED) is 0.369. The number of fused-ring (bicyclic) bond motifs is 1. The van der Waals surface area contributed by atoms with E-state index in [0.717, 1.165) is 38.1 Å². The van der Waals surface area contributed by atoms with E-state index < -0.39 is 0 Å². The molecule has 0 fully saturated rings. The Morgan fingerprint density at radius 1 is 0.893 bits per heavy atom. The van der Waals surface area contributed by atoms with Gasteiger partial charge in [-0.1, -0.05) is 71.4 Å². The van der Waals surface area contributed by atoms with Crippen LogP contribution in [0.15, 0.2) is 53.7 Å². The molecular formula is C21H18Cl2N4S. The average molecular weight is 429 g/mol. The standard InChI is InChI=1S/C21H18Cl2N4S/c1-13-17(11-15-7-3-5-9-18(15)22)14(2)27-20(24-13)25-21(26-27)28-12-16-8-4-6-10-19(16)23/h3-10H,11-12H2,1-2H3. The third kappa shape index (κ3) is 3.88. The third-order valence-corrected chi connectivity index (χ3v) is 6.29. The van der Waals surface area contributed by atoms with Crippen LogP contribution in [0.1, 0.15) is 28.1 Å². The predicted octanol–water partition coefficient (Wildman–Crippen LogP) is 5.93. The number of halogens is 2. The van der Waals surface area contributed by atoms with E-state index in [1.807, 2.05) is 66.9 Å². The summed E-state index contributed by atoms with van der Waals surface area (Å²) in [6.07, 6.45) is 0.711. The Labute approximate surface area is 177 Å². The molecule has 28 heavy (non-hydrogen) atoms. The van der Waals surface area contributed by atoms with Gasteiger partial charge in [0.2, 0.25) is 5.16 Å². The molecule has 4 nitrogen and oxygen atoms in total. The molecule has 0 aliphatic rings. The molecule has 2 aromatic carbocycles. The van der Waals surface area contributed by atoms with Crippen molar-refractivity contribution in [2.45, 2.75) is 31.2 Å². The molecule has 4 aromatic rings. The summed E-state index contributed by atoms with van der Waals surface area (Å²) < 4.78 is 1.81. The molecule has 0 saturated heterocycles. The molecule has 0 saturated carbocycles. The Morgan fingerprint density at radius 2 is 1.54 bits per heavy atom. The second kappa shape index (κ2) is 8.11. The Kier molecular flexibility index (Phi) is 5.58. The van der Waals surface area contributed by atoms with E-state index >= 15 is 0 Å². The Morgan fingerprint density at radius 3 is 2.21 bits per heavy atom. The molecule has 0 unspecified atom stereocenters. The predicted molar refractivity (Wildman–Crippen MR) is 116 cm³/mol. The van der Waals surface area contributed by atoms with Crippen LogP contribution in [0.3, 0.4) is 0 Å². The summed E-state index contributed by atoms with van der Waals surface area (Å²) in [6.45, 7) is 4.05. The van der Waals surface area contributed by atoms with E-state index in [9.17, 15) is 0 Å². The van der Waals surface area contributed by atoms with Gasteiger partial charge >= 0.3 is 0 Å². The fraction of sp³-hybridized carbons (Fsp3) is 0.190. The zero-order valence-corrected chi connectivity index (χ0v) is 17.8. The molecule has 7 heteroatoms. The lowest BCUT2D eigenvalue weighted by Gasteiger charge is -2.11. The van der Waals surface area contributed by atoms with Gasteiger partial charge in [0.05, 0.1) is 0 Å². The molecule has 0 atom stereocenters. The molecule has 142 valence electrons. The van der Waals surface area contributed by atoms with E-state index in [1.54, 1.807) is 11.8 Å². The molecule has 0 amide bonds. The van der Waals surface area contributed by atoms with Crippen LogP contribution in [-0.2, 0) is 12.2 Å². The zero-order chi connectivity index (χ0) is 19.7. The summed E-state index contributed by atoms with van der Waals surface area (Å²) in [5, 5.41) is 6.85. The zero-order valence-electron chi connectivity index (χ0n) is 15.5. The first-order valence-electron chi connectivity index (χ1n) is 8.85. The van der Waals surface area contributed by atoms with Gasteiger partial charge in [-0.3, -0.25) is 0 Å². The highest BCUT2D eigenvalue weighted by Gasteiger charge is 2.15. The van der Waals surface area contributed by atoms with Crippen LogP contribution in [0.5, 0.6) is 0 Å². The summed E-state index contributed by atoms with van der Waals surface area (Å²) in [4.78, 5) is 9.24. The second-order valence-corrected chi connectivity index (χ2v) is 8.27. The maximum atomic E-state index is 6.34. The maximum Gasteiger partial charge on any atom is 0.253 e. The van der Waals surface area contributed by atoms with Crippen molar-refractivity contribution in [3.63, 3.8) is 0 Å². The first kappa shape index (κ1) is 19.2. The molecule has 0 aliphatic carbocycles. The van der Waals surface area contributed by atoms with Gasteiger partial charge in [0.1, 0.15) is 0 Å². The van der Waals surface area contributed by atoms with Gasteiger partial charge in [-0.2, -0.15) is 4.98 Å². The molecule has 0 spiro atoms. The van der Waals surface area contributed by atoms with Gasteiger partial charge in [0.25, 0.3) is 5.78 Å². The third-order valence-electron chi connectivity index (χ3n) is 4.67. The summed E-state index contributed by atoms with van der Waals surface area (Å²) >= 11 is 14.1. The van der Waals surface area contributed by atoms with Crippen molar-refractivity contribution >= 4 is 40.7 Å². The number of thioether (sulfide) groups is 1. The highest BCUT2D eigenvalue weighted by Crippen LogP contribution is 2.26. The minimum atomic E-state index is 0.611. The summed E-state index contributed by atoms with van der Waals surface area (Å²) in [6, 6.07) is 15.7. The van der Waals surface area contributed by atoms with Crippen LogP contribution in [0.4, 0.5) is 0 Å². The van der Waals surface area contributed by atoms with E-state index in [0.29, 0.717) is 23.1 Å². The monoisotopic (exact) mass is 428 g/mol. The highest BCUT2D eigenvalue weighted by molar-refractivity contribution is 7.98. The number of rotatable bonds is 5. The highest BCUT2D eigenvalue weighted by atomic mass is 35.5. The fourth-order valence-electron chi connectivity index (χ4n) is 3.10. The van der Waals surface area contributed by atoms with E-state index in [-0.39, 0.29) is 0 Å². The molecule has 0 aliphatic heterocycles. The fourth-order valence-corrected chi connectivity index (χ4v) is 4.40. The molecule has 4 rings (SSSR count). The molecule has 0 N–H and O–H groups in total. The average Bonchev–Trinajstić information content (AvgIpc) is 3.09. The SMILES string of the molecule is Cc1nc2nc(SCc3ccccc3Cl)nn2c(C)c1Cc1ccccc1Cl. The van der Waals surface area contributed by atoms with Gasteiger partial charge in [0, 0.05) is 33.6 Å². The number of aromatic nitrogens is 4. The lowest BCUT2D eigenvalue weighted by atomic mass is 10.0. The summed E-state index contributed by atoms with van der Waals surface area (Å²) in [5.41, 5.74) is 5.23. The van der Waals surface area contributed by atoms with Crippen LogP contribution in [0, 0.1) is 13.8 Å². The van der Waals surface area contributed by atoms with Crippen molar-refractivity contribution in [2.24, 2.45) is 0 Å². The van der Waals surface area contributed by atoms with Crippen LogP contribution in [0.2, 0.25) is 10.0 Å². The van der Waals surface area contributed by atoms with E-state index in [4.69, 9.17) is 23.2 Å². The Balaban J connectivity index is 1.64. The normalized spacial score (nSPS) is 11.3. The first-order valence-corrected chi connectivity index (χ1v) is 10.6. The van der Waals surface area contributed by atoms with Gasteiger partial charge in [-0.05, 0) is 42.7 Å². The van der Waals surface area contributed by atoms with Gasteiger partial charge < -0.3 is 0 Å². The van der Waals surface area contributed by atoms with Crippen molar-refractivity contribution in [3.8, 4) is 0 Å². The molecule has 2 aromatic heterocycles. The maximum absolute atomic E-state index is 6.34. The Hall–Kier alpha value is -2.08. The topological polar surface area (TPSA) is 43.1 Å². The minimum Gasteiger partial charge on any atom is -0.216 e. The van der Waals surface area contributed by atoms with Gasteiger partial charge in [-0.15, -0.1) is 5.10 Å². The molecule has 0 bridgehead atoms. The lowest BCUT2D eigenvalue weighted by Crippen LogP contribution is -2.06. The largest absolute Gasteiger partial charge is 0.253 e. The van der Waals surface area contributed by atoms with Crippen molar-refractivity contribution in [2.75, 3.05) is 0 Å². The van der Waals surface area contributed by atoms with Crippen LogP contribution >= 0.6 is 35.0 Å². The number of nitrogens with zero attached hydrogens (tertiary/aromatic N) is 4. The summed E-state index contributed by atoms with van der Waals surface area (Å²) in [5.74, 6) is 1.32. The van der Waals surface area contributed by atoms with Crippen LogP contribution in [0.25, 0.3) is 5.78 Å². The van der Waals surface area contributed by atoms with Crippen molar-refractivity contribution in [1.82, 2.24) is 19.6 Å². The van der Waals surface area contributed by atoms with Crippen LogP contribution < -0.4 is 0 Å². The number of hydrogen-bond acceptors (Lipinski definition) is 4. The Bertz CT molecular complexity index is 1160. The van der Waals surface area contributed by atoms with Crippen molar-refractivity contribution < 1.29 is 0 Å². The van der Waals surface area contributed by atoms with E-state index in [2.05, 4.69) is 15.1 Å². The first-order chi connectivity index (χ1) is 13.5. The molecule has 2 heterocycles. The van der Waals surface area contributed by atoms with Crippen molar-refractivity contribution in [3.05, 3.63) is 86.7 Å². The second-order valence-electron chi connectivity index (χ2n) is 6.52. The van der Waals surface area contributed by atoms with E-state index in [1.165, 1.54) is 0 Å². The smallest absolute Gasteiger partial charge is 0.216 e. The molecular weight excluding hydrogens is 411 g/mol. The van der Waals surface area contributed by atoms with Gasteiger partial charge in [-0.25, -0.2) is 9.50 Å².